The third-order valence-electron chi connectivity index (χ3n) is 3.21. The molecule has 116 valence electrons. The van der Waals surface area contributed by atoms with E-state index >= 15 is 0 Å². The van der Waals surface area contributed by atoms with E-state index in [1.165, 1.54) is 77.4 Å². The molecule has 0 aliphatic rings. The van der Waals surface area contributed by atoms with Crippen molar-refractivity contribution in [2.45, 2.75) is 84.5 Å². The second-order valence-electron chi connectivity index (χ2n) is 5.29. The maximum absolute atomic E-state index is 10.5. The number of rotatable bonds is 13. The highest BCUT2D eigenvalue weighted by molar-refractivity contribution is 5.66. The van der Waals surface area contributed by atoms with Crippen LogP contribution < -0.4 is 0 Å². The maximum atomic E-state index is 10.5. The van der Waals surface area contributed by atoms with E-state index in [2.05, 4.69) is 19.1 Å². The van der Waals surface area contributed by atoms with Crippen molar-refractivity contribution in [2.24, 2.45) is 0 Å². The third-order valence-corrected chi connectivity index (χ3v) is 3.21. The van der Waals surface area contributed by atoms with Crippen molar-refractivity contribution in [1.29, 1.82) is 0 Å². The molecule has 20 heavy (non-hydrogen) atoms. The Morgan fingerprint density at radius 2 is 1.30 bits per heavy atom. The van der Waals surface area contributed by atoms with Crippen molar-refractivity contribution in [3.63, 3.8) is 0 Å². The topological polar surface area (TPSA) is 26.3 Å². The van der Waals surface area contributed by atoms with Crippen molar-refractivity contribution < 1.29 is 9.53 Å². The molecule has 0 radical (unpaired) electrons. The smallest absolute Gasteiger partial charge is 0.307 e. The molecule has 0 N–H and O–H groups in total. The Labute approximate surface area is 125 Å². The van der Waals surface area contributed by atoms with Gasteiger partial charge in [0.25, 0.3) is 0 Å². The van der Waals surface area contributed by atoms with Crippen LogP contribution in [0.3, 0.4) is 0 Å². The van der Waals surface area contributed by atoms with Crippen LogP contribution in [0.1, 0.15) is 84.5 Å². The van der Waals surface area contributed by atoms with Crippen LogP contribution in [0.5, 0.6) is 0 Å². The standard InChI is InChI=1S/C18H32O2/c1-3-4-5-6-7-8-9-10-11-12-13-14-15-16-17-20-18(2)19/h8-9,16-17H,3-7,10-15H2,1-2H3/b9-8-,17-16-. The summed E-state index contributed by atoms with van der Waals surface area (Å²) in [6.07, 6.45) is 22.0. The van der Waals surface area contributed by atoms with Gasteiger partial charge in [-0.1, -0.05) is 51.2 Å². The maximum Gasteiger partial charge on any atom is 0.307 e. The SMILES string of the molecule is CCCCCC/C=C\CCCCCC/C=C\OC(C)=O. The minimum absolute atomic E-state index is 0.247. The zero-order valence-electron chi connectivity index (χ0n) is 13.4. The van der Waals surface area contributed by atoms with Gasteiger partial charge in [0, 0.05) is 6.92 Å². The lowest BCUT2D eigenvalue weighted by molar-refractivity contribution is -0.135. The fraction of sp³-hybridized carbons (Fsp3) is 0.722. The molecule has 0 fully saturated rings. The van der Waals surface area contributed by atoms with E-state index in [9.17, 15) is 4.79 Å². The Balaban J connectivity index is 3.14. The Kier molecular flexibility index (Phi) is 15.2. The van der Waals surface area contributed by atoms with Crippen LogP contribution in [0.15, 0.2) is 24.5 Å². The van der Waals surface area contributed by atoms with E-state index in [-0.39, 0.29) is 5.97 Å². The molecule has 0 bridgehead atoms. The fourth-order valence-corrected chi connectivity index (χ4v) is 2.01. The Morgan fingerprint density at radius 3 is 1.80 bits per heavy atom. The Morgan fingerprint density at radius 1 is 0.800 bits per heavy atom. The van der Waals surface area contributed by atoms with Crippen molar-refractivity contribution >= 4 is 5.97 Å². The summed E-state index contributed by atoms with van der Waals surface area (Å²) in [6, 6.07) is 0. The molecule has 0 aliphatic carbocycles. The molecule has 0 heterocycles. The van der Waals surface area contributed by atoms with Crippen LogP contribution in [0.4, 0.5) is 0 Å². The van der Waals surface area contributed by atoms with Gasteiger partial charge >= 0.3 is 5.97 Å². The lowest BCUT2D eigenvalue weighted by Crippen LogP contribution is -1.89. The Bertz CT molecular complexity index is 267. The highest BCUT2D eigenvalue weighted by Gasteiger charge is 1.89. The summed E-state index contributed by atoms with van der Waals surface area (Å²) in [5.41, 5.74) is 0. The van der Waals surface area contributed by atoms with E-state index in [0.717, 1.165) is 6.42 Å². The largest absolute Gasteiger partial charge is 0.435 e. The minimum atomic E-state index is -0.247. The molecular formula is C18H32O2. The normalized spacial score (nSPS) is 11.5. The van der Waals surface area contributed by atoms with Crippen LogP contribution in [0, 0.1) is 0 Å². The second-order valence-corrected chi connectivity index (χ2v) is 5.29. The minimum Gasteiger partial charge on any atom is -0.435 e. The van der Waals surface area contributed by atoms with Gasteiger partial charge in [-0.3, -0.25) is 4.79 Å². The molecule has 0 saturated heterocycles. The zero-order valence-corrected chi connectivity index (χ0v) is 13.4. The summed E-state index contributed by atoms with van der Waals surface area (Å²) < 4.78 is 4.72. The average Bonchev–Trinajstić information content (AvgIpc) is 2.43. The highest BCUT2D eigenvalue weighted by Crippen LogP contribution is 2.08. The first-order chi connectivity index (χ1) is 9.77. The van der Waals surface area contributed by atoms with Gasteiger partial charge in [0.1, 0.15) is 0 Å². The van der Waals surface area contributed by atoms with Crippen LogP contribution >= 0.6 is 0 Å². The number of unbranched alkanes of at least 4 members (excludes halogenated alkanes) is 9. The molecule has 0 rings (SSSR count). The molecule has 0 spiro atoms. The number of hydrogen-bond acceptors (Lipinski definition) is 2. The summed E-state index contributed by atoms with van der Waals surface area (Å²) >= 11 is 0. The summed E-state index contributed by atoms with van der Waals surface area (Å²) in [4.78, 5) is 10.5. The van der Waals surface area contributed by atoms with E-state index in [1.54, 1.807) is 0 Å². The number of carbonyl (C=O) groups excluding carboxylic acids is 1. The predicted octanol–water partition coefficient (Wildman–Crippen LogP) is 5.93. The average molecular weight is 280 g/mol. The fourth-order valence-electron chi connectivity index (χ4n) is 2.01. The first-order valence-corrected chi connectivity index (χ1v) is 8.24. The van der Waals surface area contributed by atoms with Crippen LogP contribution in [-0.2, 0) is 9.53 Å². The van der Waals surface area contributed by atoms with Crippen LogP contribution in [0.25, 0.3) is 0 Å². The molecule has 0 aromatic carbocycles. The van der Waals surface area contributed by atoms with Gasteiger partial charge in [-0.05, 0) is 44.6 Å². The third kappa shape index (κ3) is 16.9. The molecule has 0 aromatic heterocycles. The summed E-state index contributed by atoms with van der Waals surface area (Å²) in [5, 5.41) is 0. The number of allylic oxidation sites excluding steroid dienone is 3. The lowest BCUT2D eigenvalue weighted by atomic mass is 10.1. The summed E-state index contributed by atoms with van der Waals surface area (Å²) in [7, 11) is 0. The molecule has 0 aliphatic heterocycles. The molecule has 0 atom stereocenters. The van der Waals surface area contributed by atoms with Crippen LogP contribution in [-0.4, -0.2) is 5.97 Å². The van der Waals surface area contributed by atoms with E-state index in [1.807, 2.05) is 6.08 Å². The molecule has 2 nitrogen and oxygen atoms in total. The van der Waals surface area contributed by atoms with Gasteiger partial charge in [-0.15, -0.1) is 0 Å². The van der Waals surface area contributed by atoms with Gasteiger partial charge < -0.3 is 4.74 Å². The number of esters is 1. The molecule has 0 unspecified atom stereocenters. The first kappa shape index (κ1) is 18.9. The van der Waals surface area contributed by atoms with E-state index in [4.69, 9.17) is 4.74 Å². The predicted molar refractivity (Wildman–Crippen MR) is 86.5 cm³/mol. The van der Waals surface area contributed by atoms with Gasteiger partial charge in [0.05, 0.1) is 6.26 Å². The van der Waals surface area contributed by atoms with Gasteiger partial charge in [0.2, 0.25) is 0 Å². The number of carbonyl (C=O) groups is 1. The monoisotopic (exact) mass is 280 g/mol. The molecule has 2 heteroatoms. The quantitative estimate of drug-likeness (QED) is 0.181. The molecule has 0 amide bonds. The second kappa shape index (κ2) is 16.0. The van der Waals surface area contributed by atoms with Crippen LogP contribution in [0.2, 0.25) is 0 Å². The van der Waals surface area contributed by atoms with E-state index < -0.39 is 0 Å². The van der Waals surface area contributed by atoms with Crippen molar-refractivity contribution in [3.8, 4) is 0 Å². The zero-order chi connectivity index (χ0) is 14.9. The Hall–Kier alpha value is -1.05. The van der Waals surface area contributed by atoms with E-state index in [0.29, 0.717) is 0 Å². The molecule has 0 saturated carbocycles. The summed E-state index contributed by atoms with van der Waals surface area (Å²) in [6.45, 7) is 3.67. The van der Waals surface area contributed by atoms with Gasteiger partial charge in [-0.2, -0.15) is 0 Å². The highest BCUT2D eigenvalue weighted by atomic mass is 16.5. The summed E-state index contributed by atoms with van der Waals surface area (Å²) in [5.74, 6) is -0.247. The first-order valence-electron chi connectivity index (χ1n) is 8.24. The van der Waals surface area contributed by atoms with Crippen molar-refractivity contribution in [1.82, 2.24) is 0 Å². The van der Waals surface area contributed by atoms with Gasteiger partial charge in [0.15, 0.2) is 0 Å². The number of hydrogen-bond donors (Lipinski definition) is 0. The molecular weight excluding hydrogens is 248 g/mol. The molecule has 0 aromatic rings. The van der Waals surface area contributed by atoms with Crippen molar-refractivity contribution in [3.05, 3.63) is 24.5 Å². The van der Waals surface area contributed by atoms with Gasteiger partial charge in [-0.25, -0.2) is 0 Å². The lowest BCUT2D eigenvalue weighted by Gasteiger charge is -1.97. The van der Waals surface area contributed by atoms with Crippen molar-refractivity contribution in [2.75, 3.05) is 0 Å². The number of ether oxygens (including phenoxy) is 1.